The SMILES string of the molecule is C=C(c1ccc(Cl)cc1)c1c(I)ccnc1F. The van der Waals surface area contributed by atoms with Crippen molar-refractivity contribution in [2.45, 2.75) is 0 Å². The topological polar surface area (TPSA) is 12.9 Å². The zero-order valence-corrected chi connectivity index (χ0v) is 11.7. The summed E-state index contributed by atoms with van der Waals surface area (Å²) in [5, 5.41) is 0.642. The van der Waals surface area contributed by atoms with Gasteiger partial charge in [0.05, 0.1) is 5.56 Å². The number of nitrogens with zero attached hydrogens (tertiary/aromatic N) is 1. The highest BCUT2D eigenvalue weighted by atomic mass is 127. The third kappa shape index (κ3) is 2.66. The molecule has 0 atom stereocenters. The van der Waals surface area contributed by atoms with Gasteiger partial charge in [0.2, 0.25) is 5.95 Å². The van der Waals surface area contributed by atoms with Crippen LogP contribution in [-0.2, 0) is 0 Å². The summed E-state index contributed by atoms with van der Waals surface area (Å²) in [5.74, 6) is -0.503. The summed E-state index contributed by atoms with van der Waals surface area (Å²) < 4.78 is 14.5. The molecule has 1 aromatic heterocycles. The molecule has 1 aromatic carbocycles. The van der Waals surface area contributed by atoms with E-state index in [-0.39, 0.29) is 0 Å². The number of rotatable bonds is 2. The van der Waals surface area contributed by atoms with Crippen LogP contribution in [0.25, 0.3) is 5.57 Å². The first-order valence-electron chi connectivity index (χ1n) is 4.85. The number of aromatic nitrogens is 1. The fraction of sp³-hybridized carbons (Fsp3) is 0. The van der Waals surface area contributed by atoms with E-state index in [1.165, 1.54) is 6.20 Å². The average Bonchev–Trinajstić information content (AvgIpc) is 2.29. The largest absolute Gasteiger partial charge is 0.228 e. The highest BCUT2D eigenvalue weighted by Crippen LogP contribution is 2.27. The van der Waals surface area contributed by atoms with Crippen LogP contribution in [0.2, 0.25) is 5.02 Å². The van der Waals surface area contributed by atoms with Gasteiger partial charge in [-0.1, -0.05) is 30.3 Å². The molecule has 0 amide bonds. The van der Waals surface area contributed by atoms with E-state index in [1.54, 1.807) is 18.2 Å². The van der Waals surface area contributed by atoms with Crippen molar-refractivity contribution in [3.8, 4) is 0 Å². The van der Waals surface area contributed by atoms with Crippen LogP contribution in [0.3, 0.4) is 0 Å². The predicted molar refractivity (Wildman–Crippen MR) is 76.5 cm³/mol. The maximum atomic E-state index is 13.7. The van der Waals surface area contributed by atoms with Crippen molar-refractivity contribution in [3.63, 3.8) is 0 Å². The average molecular weight is 360 g/mol. The monoisotopic (exact) mass is 359 g/mol. The molecule has 0 bridgehead atoms. The second-order valence-electron chi connectivity index (χ2n) is 3.44. The van der Waals surface area contributed by atoms with Gasteiger partial charge in [-0.05, 0) is 51.9 Å². The van der Waals surface area contributed by atoms with Gasteiger partial charge in [-0.25, -0.2) is 4.98 Å². The summed E-state index contributed by atoms with van der Waals surface area (Å²) in [6.07, 6.45) is 1.44. The van der Waals surface area contributed by atoms with E-state index in [4.69, 9.17) is 11.6 Å². The molecule has 86 valence electrons. The fourth-order valence-corrected chi connectivity index (χ4v) is 2.31. The van der Waals surface area contributed by atoms with E-state index >= 15 is 0 Å². The minimum Gasteiger partial charge on any atom is -0.228 e. The van der Waals surface area contributed by atoms with Crippen LogP contribution in [0.5, 0.6) is 0 Å². The first-order chi connectivity index (χ1) is 8.09. The number of halogens is 3. The van der Waals surface area contributed by atoms with E-state index in [0.29, 0.717) is 16.2 Å². The minimum absolute atomic E-state index is 0.440. The van der Waals surface area contributed by atoms with Gasteiger partial charge in [0, 0.05) is 14.8 Å². The van der Waals surface area contributed by atoms with Crippen molar-refractivity contribution in [2.75, 3.05) is 0 Å². The lowest BCUT2D eigenvalue weighted by Crippen LogP contribution is -1.97. The Morgan fingerprint density at radius 1 is 1.24 bits per heavy atom. The van der Waals surface area contributed by atoms with Gasteiger partial charge in [-0.15, -0.1) is 0 Å². The van der Waals surface area contributed by atoms with Gasteiger partial charge in [0.25, 0.3) is 0 Å². The first kappa shape index (κ1) is 12.5. The van der Waals surface area contributed by atoms with Crippen LogP contribution in [0.15, 0.2) is 43.1 Å². The third-order valence-electron chi connectivity index (χ3n) is 2.35. The van der Waals surface area contributed by atoms with Crippen LogP contribution in [0.1, 0.15) is 11.1 Å². The highest BCUT2D eigenvalue weighted by molar-refractivity contribution is 14.1. The van der Waals surface area contributed by atoms with Crippen molar-refractivity contribution >= 4 is 39.8 Å². The van der Waals surface area contributed by atoms with Crippen molar-refractivity contribution < 1.29 is 4.39 Å². The molecule has 2 rings (SSSR count). The summed E-state index contributed by atoms with van der Waals surface area (Å²) >= 11 is 7.88. The first-order valence-corrected chi connectivity index (χ1v) is 6.30. The summed E-state index contributed by atoms with van der Waals surface area (Å²) in [6.45, 7) is 3.92. The molecule has 0 unspecified atom stereocenters. The number of pyridine rings is 1. The van der Waals surface area contributed by atoms with E-state index in [1.807, 2.05) is 12.1 Å². The maximum Gasteiger partial charge on any atom is 0.221 e. The standard InChI is InChI=1S/C13H8ClFIN/c1-8(9-2-4-10(14)5-3-9)12-11(16)6-7-17-13(12)15/h2-7H,1H2. The number of hydrogen-bond donors (Lipinski definition) is 0. The molecule has 0 saturated heterocycles. The molecular weight excluding hydrogens is 352 g/mol. The Labute approximate surface area is 117 Å². The van der Waals surface area contributed by atoms with Crippen LogP contribution in [0, 0.1) is 9.52 Å². The Hall–Kier alpha value is -0.940. The van der Waals surface area contributed by atoms with E-state index in [0.717, 1.165) is 9.13 Å². The Morgan fingerprint density at radius 3 is 2.47 bits per heavy atom. The summed E-state index contributed by atoms with van der Waals surface area (Å²) in [6, 6.07) is 8.88. The van der Waals surface area contributed by atoms with E-state index < -0.39 is 5.95 Å². The lowest BCUT2D eigenvalue weighted by Gasteiger charge is -2.09. The zero-order valence-electron chi connectivity index (χ0n) is 8.75. The molecule has 2 aromatic rings. The zero-order chi connectivity index (χ0) is 12.4. The molecular formula is C13H8ClFIN. The Morgan fingerprint density at radius 2 is 1.88 bits per heavy atom. The van der Waals surface area contributed by atoms with Gasteiger partial charge >= 0.3 is 0 Å². The highest BCUT2D eigenvalue weighted by Gasteiger charge is 2.12. The van der Waals surface area contributed by atoms with Crippen molar-refractivity contribution in [1.29, 1.82) is 0 Å². The van der Waals surface area contributed by atoms with Crippen LogP contribution >= 0.6 is 34.2 Å². The molecule has 0 saturated carbocycles. The normalized spacial score (nSPS) is 10.3. The molecule has 0 N–H and O–H groups in total. The minimum atomic E-state index is -0.503. The molecule has 0 radical (unpaired) electrons. The Balaban J connectivity index is 2.47. The van der Waals surface area contributed by atoms with Crippen LogP contribution < -0.4 is 0 Å². The van der Waals surface area contributed by atoms with Crippen LogP contribution in [-0.4, -0.2) is 4.98 Å². The molecule has 0 fully saturated rings. The van der Waals surface area contributed by atoms with Crippen molar-refractivity contribution in [3.05, 3.63) is 68.8 Å². The molecule has 0 aliphatic rings. The third-order valence-corrected chi connectivity index (χ3v) is 3.50. The van der Waals surface area contributed by atoms with E-state index in [9.17, 15) is 4.39 Å². The lowest BCUT2D eigenvalue weighted by molar-refractivity contribution is 0.579. The fourth-order valence-electron chi connectivity index (χ4n) is 1.48. The summed E-state index contributed by atoms with van der Waals surface area (Å²) in [4.78, 5) is 3.65. The Kier molecular flexibility index (Phi) is 3.79. The quantitative estimate of drug-likeness (QED) is 0.567. The van der Waals surface area contributed by atoms with Crippen LogP contribution in [0.4, 0.5) is 4.39 Å². The molecule has 4 heteroatoms. The lowest BCUT2D eigenvalue weighted by atomic mass is 10.0. The molecule has 1 nitrogen and oxygen atoms in total. The molecule has 0 aliphatic carbocycles. The summed E-state index contributed by atoms with van der Waals surface area (Å²) in [7, 11) is 0. The van der Waals surface area contributed by atoms with Gasteiger partial charge < -0.3 is 0 Å². The Bertz CT molecular complexity index is 546. The second-order valence-corrected chi connectivity index (χ2v) is 5.04. The summed E-state index contributed by atoms with van der Waals surface area (Å²) in [5.41, 5.74) is 1.88. The van der Waals surface area contributed by atoms with E-state index in [2.05, 4.69) is 34.2 Å². The maximum absolute atomic E-state index is 13.7. The van der Waals surface area contributed by atoms with Crippen molar-refractivity contribution in [2.24, 2.45) is 0 Å². The van der Waals surface area contributed by atoms with Crippen molar-refractivity contribution in [1.82, 2.24) is 4.98 Å². The van der Waals surface area contributed by atoms with Gasteiger partial charge in [0.15, 0.2) is 0 Å². The van der Waals surface area contributed by atoms with Gasteiger partial charge in [0.1, 0.15) is 0 Å². The van der Waals surface area contributed by atoms with Gasteiger partial charge in [-0.2, -0.15) is 4.39 Å². The number of benzene rings is 1. The molecule has 0 aliphatic heterocycles. The molecule has 0 spiro atoms. The number of hydrogen-bond acceptors (Lipinski definition) is 1. The smallest absolute Gasteiger partial charge is 0.221 e. The predicted octanol–water partition coefficient (Wildman–Crippen LogP) is 4.54. The second kappa shape index (κ2) is 5.14. The van der Waals surface area contributed by atoms with Gasteiger partial charge in [-0.3, -0.25) is 0 Å². The molecule has 17 heavy (non-hydrogen) atoms. The molecule has 1 heterocycles.